The van der Waals surface area contributed by atoms with Crippen molar-refractivity contribution in [1.82, 2.24) is 0 Å². The van der Waals surface area contributed by atoms with Crippen LogP contribution in [-0.4, -0.2) is 0 Å². The van der Waals surface area contributed by atoms with Crippen molar-refractivity contribution in [3.63, 3.8) is 0 Å². The van der Waals surface area contributed by atoms with Crippen molar-refractivity contribution in [3.8, 4) is 0 Å². The molecule has 0 fully saturated rings. The van der Waals surface area contributed by atoms with Crippen LogP contribution in [0.15, 0.2) is 60.7 Å². The van der Waals surface area contributed by atoms with Gasteiger partial charge < -0.3 is 0 Å². The summed E-state index contributed by atoms with van der Waals surface area (Å²) < 4.78 is 190. The molecule has 0 heterocycles. The molecule has 15 heteroatoms. The lowest BCUT2D eigenvalue weighted by Gasteiger charge is -2.16. The summed E-state index contributed by atoms with van der Waals surface area (Å²) in [6, 6.07) is 11.6. The van der Waals surface area contributed by atoms with Gasteiger partial charge in [-0.15, -0.1) is 0 Å². The summed E-state index contributed by atoms with van der Waals surface area (Å²) in [5, 5.41) is 0. The zero-order valence-corrected chi connectivity index (χ0v) is 33.8. The summed E-state index contributed by atoms with van der Waals surface area (Å²) in [6.45, 7) is 17.8. The van der Waals surface area contributed by atoms with Gasteiger partial charge in [-0.05, 0) is 97.0 Å². The Kier molecular flexibility index (Phi) is 18.1. The Morgan fingerprint density at radius 3 is 1.02 bits per heavy atom. The average molecular weight is 849 g/mol. The van der Waals surface area contributed by atoms with Gasteiger partial charge in [0.2, 0.25) is 0 Å². The van der Waals surface area contributed by atoms with E-state index < -0.39 is 75.9 Å². The first-order chi connectivity index (χ1) is 26.1. The summed E-state index contributed by atoms with van der Waals surface area (Å²) >= 11 is 0. The molecule has 0 nitrogen and oxygen atoms in total. The van der Waals surface area contributed by atoms with E-state index in [1.54, 1.807) is 79.7 Å². The van der Waals surface area contributed by atoms with Crippen LogP contribution in [0.3, 0.4) is 0 Å². The normalized spacial score (nSPS) is 12.2. The van der Waals surface area contributed by atoms with Gasteiger partial charge in [0.25, 0.3) is 0 Å². The molecule has 0 saturated heterocycles. The third-order valence-corrected chi connectivity index (χ3v) is 8.51. The average Bonchev–Trinajstić information content (AvgIpc) is 3.04. The zero-order chi connectivity index (χ0) is 45.5. The minimum atomic E-state index is -4.73. The molecule has 0 aliphatic carbocycles. The predicted molar refractivity (Wildman–Crippen MR) is 196 cm³/mol. The second-order valence-corrected chi connectivity index (χ2v) is 14.8. The Bertz CT molecular complexity index is 1870. The van der Waals surface area contributed by atoms with Crippen LogP contribution in [0.2, 0.25) is 0 Å². The quantitative estimate of drug-likeness (QED) is 0.180. The summed E-state index contributed by atoms with van der Waals surface area (Å²) in [7, 11) is 0. The Labute approximate surface area is 329 Å². The molecule has 324 valence electrons. The number of alkyl halides is 12. The van der Waals surface area contributed by atoms with Gasteiger partial charge in [0, 0.05) is 11.6 Å². The smallest absolute Gasteiger partial charge is 0.207 e. The van der Waals surface area contributed by atoms with Crippen molar-refractivity contribution in [2.75, 3.05) is 0 Å². The summed E-state index contributed by atoms with van der Waals surface area (Å²) in [4.78, 5) is 0. The van der Waals surface area contributed by atoms with Crippen molar-refractivity contribution in [1.29, 1.82) is 0 Å². The van der Waals surface area contributed by atoms with Crippen molar-refractivity contribution in [2.45, 2.75) is 125 Å². The molecular weight excluding hydrogens is 801 g/mol. The van der Waals surface area contributed by atoms with E-state index in [1.807, 2.05) is 0 Å². The standard InChI is InChI=1S/C11H12F4.2C11H13F3.C10H9F5/c1-6(2)8-5-10(12)7(3)4-9(8)11(13,14)15;2*1-7(2)9-5-4-8(3)6-10(9)11(12,13)14;1-5(2)9-7(10(13,14)15)3-6(11)4-8(9)12/h4-6H,1-3H3;2*4-7H,1-3H3;3-5H,1-2H3. The van der Waals surface area contributed by atoms with Crippen LogP contribution in [-0.2, 0) is 24.7 Å². The molecule has 0 amide bonds. The molecule has 4 aromatic carbocycles. The van der Waals surface area contributed by atoms with Crippen LogP contribution in [0, 0.1) is 38.2 Å². The third kappa shape index (κ3) is 15.2. The van der Waals surface area contributed by atoms with Gasteiger partial charge >= 0.3 is 24.7 Å². The highest BCUT2D eigenvalue weighted by Gasteiger charge is 2.37. The number of halogens is 15. The zero-order valence-electron chi connectivity index (χ0n) is 33.8. The second-order valence-electron chi connectivity index (χ2n) is 14.8. The van der Waals surface area contributed by atoms with Crippen LogP contribution in [0.5, 0.6) is 0 Å². The van der Waals surface area contributed by atoms with Crippen molar-refractivity contribution >= 4 is 0 Å². The van der Waals surface area contributed by atoms with Gasteiger partial charge in [-0.3, -0.25) is 0 Å². The molecular formula is C43H47F15. The van der Waals surface area contributed by atoms with Crippen molar-refractivity contribution < 1.29 is 65.9 Å². The monoisotopic (exact) mass is 848 g/mol. The first-order valence-corrected chi connectivity index (χ1v) is 17.9. The Hall–Kier alpha value is -4.17. The highest BCUT2D eigenvalue weighted by atomic mass is 19.4. The molecule has 0 saturated carbocycles. The van der Waals surface area contributed by atoms with E-state index in [9.17, 15) is 65.9 Å². The Balaban J connectivity index is 0.000000387. The maximum Gasteiger partial charge on any atom is 0.416 e. The summed E-state index contributed by atoms with van der Waals surface area (Å²) in [6.07, 6.45) is -17.6. The maximum absolute atomic E-state index is 13.2. The number of aryl methyl sites for hydroxylation is 3. The molecule has 58 heavy (non-hydrogen) atoms. The fourth-order valence-electron chi connectivity index (χ4n) is 5.66. The Morgan fingerprint density at radius 2 is 0.707 bits per heavy atom. The van der Waals surface area contributed by atoms with E-state index >= 15 is 0 Å². The van der Waals surface area contributed by atoms with Crippen molar-refractivity contribution in [2.24, 2.45) is 0 Å². The highest BCUT2D eigenvalue weighted by Crippen LogP contribution is 2.39. The van der Waals surface area contributed by atoms with E-state index in [0.717, 1.165) is 12.1 Å². The number of hydrogen-bond donors (Lipinski definition) is 0. The van der Waals surface area contributed by atoms with Gasteiger partial charge in [0.15, 0.2) is 0 Å². The van der Waals surface area contributed by atoms with Gasteiger partial charge in [-0.2, -0.15) is 52.7 Å². The SMILES string of the molecule is CC(C)c1c(F)cc(F)cc1C(F)(F)F.Cc1cc(C(F)(F)F)c(C(C)C)cc1F.Cc1ccc(C(C)C)c(C(F)(F)F)c1.Cc1ccc(C(C)C)c(C(F)(F)F)c1. The first kappa shape index (κ1) is 51.8. The summed E-state index contributed by atoms with van der Waals surface area (Å²) in [5.41, 5.74) is -1.46. The minimum absolute atomic E-state index is 0.00519. The van der Waals surface area contributed by atoms with E-state index in [-0.39, 0.29) is 28.9 Å². The van der Waals surface area contributed by atoms with E-state index in [2.05, 4.69) is 0 Å². The fraction of sp³-hybridized carbons (Fsp3) is 0.442. The molecule has 0 bridgehead atoms. The first-order valence-electron chi connectivity index (χ1n) is 17.9. The number of rotatable bonds is 4. The van der Waals surface area contributed by atoms with Gasteiger partial charge in [0.1, 0.15) is 17.5 Å². The highest BCUT2D eigenvalue weighted by molar-refractivity contribution is 5.38. The molecule has 4 rings (SSSR count). The molecule has 0 unspecified atom stereocenters. The molecule has 0 aliphatic heterocycles. The van der Waals surface area contributed by atoms with Crippen LogP contribution >= 0.6 is 0 Å². The number of hydrogen-bond acceptors (Lipinski definition) is 0. The fourth-order valence-corrected chi connectivity index (χ4v) is 5.66. The van der Waals surface area contributed by atoms with E-state index in [1.165, 1.54) is 32.9 Å². The molecule has 0 N–H and O–H groups in total. The van der Waals surface area contributed by atoms with E-state index in [4.69, 9.17) is 0 Å². The second kappa shape index (κ2) is 20.2. The molecule has 0 atom stereocenters. The lowest BCUT2D eigenvalue weighted by atomic mass is 9.95. The van der Waals surface area contributed by atoms with Crippen LogP contribution in [0.1, 0.15) is 140 Å². The molecule has 0 radical (unpaired) electrons. The molecule has 0 aromatic heterocycles. The predicted octanol–water partition coefficient (Wildman–Crippen LogP) is 16.7. The molecule has 4 aromatic rings. The Morgan fingerprint density at radius 1 is 0.362 bits per heavy atom. The van der Waals surface area contributed by atoms with Crippen LogP contribution in [0.25, 0.3) is 0 Å². The molecule has 0 aliphatic rings. The topological polar surface area (TPSA) is 0 Å². The van der Waals surface area contributed by atoms with Gasteiger partial charge in [-0.1, -0.05) is 90.8 Å². The van der Waals surface area contributed by atoms with Crippen LogP contribution in [0.4, 0.5) is 65.9 Å². The minimum Gasteiger partial charge on any atom is -0.207 e. The lowest BCUT2D eigenvalue weighted by Crippen LogP contribution is -2.12. The van der Waals surface area contributed by atoms with E-state index in [0.29, 0.717) is 34.4 Å². The number of benzene rings is 4. The van der Waals surface area contributed by atoms with Crippen LogP contribution < -0.4 is 0 Å². The van der Waals surface area contributed by atoms with Gasteiger partial charge in [-0.25, -0.2) is 13.2 Å². The largest absolute Gasteiger partial charge is 0.416 e. The summed E-state index contributed by atoms with van der Waals surface area (Å²) in [5.74, 6) is -4.17. The lowest BCUT2D eigenvalue weighted by molar-refractivity contribution is -0.139. The van der Waals surface area contributed by atoms with Crippen molar-refractivity contribution in [3.05, 3.63) is 139 Å². The molecule has 0 spiro atoms. The maximum atomic E-state index is 13.2. The van der Waals surface area contributed by atoms with Gasteiger partial charge in [0.05, 0.1) is 22.3 Å². The third-order valence-electron chi connectivity index (χ3n) is 8.51.